The molecule has 0 aliphatic carbocycles. The fourth-order valence-corrected chi connectivity index (χ4v) is 0. The van der Waals surface area contributed by atoms with E-state index in [4.69, 9.17) is 0 Å². The standard InChI is InChI=1S/Nb.Ta.Ti.W. The van der Waals surface area contributed by atoms with Gasteiger partial charge in [0.05, 0.1) is 0 Å². The third kappa shape index (κ3) is 8.86. The second-order valence-electron chi connectivity index (χ2n) is 0. The van der Waals surface area contributed by atoms with Crippen molar-refractivity contribution < 1.29 is 87.5 Å². The maximum Gasteiger partial charge on any atom is 0 e. The SMILES string of the molecule is [Nb].[Ta].[Ti].[W]. The Morgan fingerprint density at radius 2 is 1.00 bits per heavy atom. The molecule has 0 aromatic rings. The third-order valence-electron chi connectivity index (χ3n) is 0. The van der Waals surface area contributed by atoms with Crippen LogP contribution in [-0.2, 0) is 87.5 Å². The number of hydrogen-bond acceptors (Lipinski definition) is 0. The fourth-order valence-electron chi connectivity index (χ4n) is 0. The van der Waals surface area contributed by atoms with Crippen molar-refractivity contribution in [2.24, 2.45) is 0 Å². The van der Waals surface area contributed by atoms with Crippen LogP contribution in [0.2, 0.25) is 0 Å². The van der Waals surface area contributed by atoms with E-state index in [0.717, 1.165) is 0 Å². The normalized spacial score (nSPS) is 0. The van der Waals surface area contributed by atoms with E-state index in [1.54, 1.807) is 0 Å². The first-order valence-corrected chi connectivity index (χ1v) is 0. The van der Waals surface area contributed by atoms with E-state index in [1.807, 2.05) is 0 Å². The van der Waals surface area contributed by atoms with Crippen LogP contribution in [0.25, 0.3) is 0 Å². The van der Waals surface area contributed by atoms with E-state index in [9.17, 15) is 0 Å². The molecule has 0 aromatic carbocycles. The smallest absolute Gasteiger partial charge is 0 e. The molecule has 0 amide bonds. The molecule has 0 aliphatic rings. The quantitative estimate of drug-likeness (QED) is 0.407. The van der Waals surface area contributed by atoms with Crippen LogP contribution in [-0.4, -0.2) is 0 Å². The molecule has 20 valence electrons. The molecule has 0 aromatic heterocycles. The summed E-state index contributed by atoms with van der Waals surface area (Å²) in [6.07, 6.45) is 0. The third-order valence-corrected chi connectivity index (χ3v) is 0. The van der Waals surface area contributed by atoms with Gasteiger partial charge in [0.2, 0.25) is 0 Å². The van der Waals surface area contributed by atoms with E-state index in [2.05, 4.69) is 0 Å². The average Bonchev–Trinajstić information content (AvgIpc) is 0. The van der Waals surface area contributed by atoms with Crippen molar-refractivity contribution in [3.8, 4) is 0 Å². The van der Waals surface area contributed by atoms with Gasteiger partial charge in [-0.05, 0) is 0 Å². The molecule has 0 bridgehead atoms. The molecule has 0 rings (SSSR count). The van der Waals surface area contributed by atoms with Gasteiger partial charge in [0.15, 0.2) is 0 Å². The van der Waals surface area contributed by atoms with Crippen LogP contribution in [0.4, 0.5) is 0 Å². The maximum absolute atomic E-state index is 0. The molecule has 0 saturated carbocycles. The monoisotopic (exact) mass is 506 g/mol. The van der Waals surface area contributed by atoms with Gasteiger partial charge in [-0.1, -0.05) is 0 Å². The molecule has 0 N–H and O–H groups in total. The predicted molar refractivity (Wildman–Crippen MR) is 0 cm³/mol. The van der Waals surface area contributed by atoms with Gasteiger partial charge in [-0.2, -0.15) is 0 Å². The molecule has 2 radical (unpaired) electrons. The average molecular weight is 506 g/mol. The Morgan fingerprint density at radius 1 is 1.00 bits per heavy atom. The fraction of sp³-hybridized carbons (Fsp3) is 0. The zero-order chi connectivity index (χ0) is 0. The van der Waals surface area contributed by atoms with Gasteiger partial charge in [-0.25, -0.2) is 0 Å². The Kier molecular flexibility index (Phi) is 121. The van der Waals surface area contributed by atoms with Gasteiger partial charge in [0, 0.05) is 87.5 Å². The Bertz CT molecular complexity index is 8.00. The van der Waals surface area contributed by atoms with Crippen LogP contribution < -0.4 is 0 Å². The molecule has 4 heteroatoms. The summed E-state index contributed by atoms with van der Waals surface area (Å²) in [5, 5.41) is 0. The van der Waals surface area contributed by atoms with Gasteiger partial charge in [-0.15, -0.1) is 0 Å². The Labute approximate surface area is 86.0 Å². The minimum atomic E-state index is 0. The summed E-state index contributed by atoms with van der Waals surface area (Å²) < 4.78 is 0. The van der Waals surface area contributed by atoms with Gasteiger partial charge in [0.25, 0.3) is 0 Å². The molecular weight excluding hydrogens is 506 g/mol. The molecule has 0 fully saturated rings. The van der Waals surface area contributed by atoms with Crippen molar-refractivity contribution in [1.82, 2.24) is 0 Å². The summed E-state index contributed by atoms with van der Waals surface area (Å²) in [5.74, 6) is 0. The maximum atomic E-state index is 0. The summed E-state index contributed by atoms with van der Waals surface area (Å²) in [5.41, 5.74) is 0. The number of hydrogen-bond donors (Lipinski definition) is 0. The van der Waals surface area contributed by atoms with E-state index in [0.29, 0.717) is 0 Å². The second kappa shape index (κ2) is 16.9. The molecule has 0 unspecified atom stereocenters. The predicted octanol–water partition coefficient (Wildman–Crippen LogP) is -0.0100. The molecule has 0 heterocycles. The Balaban J connectivity index is 0. The van der Waals surface area contributed by atoms with Gasteiger partial charge in [0.1, 0.15) is 0 Å². The van der Waals surface area contributed by atoms with Gasteiger partial charge in [-0.3, -0.25) is 0 Å². The van der Waals surface area contributed by atoms with Crippen LogP contribution in [0.15, 0.2) is 0 Å². The van der Waals surface area contributed by atoms with Gasteiger partial charge < -0.3 is 0 Å². The molecule has 0 saturated heterocycles. The molecule has 0 spiro atoms. The first-order chi connectivity index (χ1) is 0. The van der Waals surface area contributed by atoms with Crippen molar-refractivity contribution in [1.29, 1.82) is 0 Å². The molecular formula is NbTaTiW. The topological polar surface area (TPSA) is 0 Å². The van der Waals surface area contributed by atoms with E-state index < -0.39 is 0 Å². The second-order valence-corrected chi connectivity index (χ2v) is 0. The van der Waals surface area contributed by atoms with Crippen LogP contribution >= 0.6 is 0 Å². The van der Waals surface area contributed by atoms with Crippen molar-refractivity contribution in [2.75, 3.05) is 0 Å². The summed E-state index contributed by atoms with van der Waals surface area (Å²) in [4.78, 5) is 0. The van der Waals surface area contributed by atoms with Crippen molar-refractivity contribution in [2.45, 2.75) is 0 Å². The summed E-state index contributed by atoms with van der Waals surface area (Å²) in [6, 6.07) is 0. The summed E-state index contributed by atoms with van der Waals surface area (Å²) >= 11 is 0. The molecule has 0 aliphatic heterocycles. The van der Waals surface area contributed by atoms with E-state index >= 15 is 0 Å². The van der Waals surface area contributed by atoms with Crippen molar-refractivity contribution in [3.05, 3.63) is 0 Å². The van der Waals surface area contributed by atoms with Crippen molar-refractivity contribution in [3.63, 3.8) is 0 Å². The Hall–Kier alpha value is 2.88. The largest absolute Gasteiger partial charge is 0 e. The first-order valence-electron chi connectivity index (χ1n) is 0. The zero-order valence-electron chi connectivity index (χ0n) is 1.80. The van der Waals surface area contributed by atoms with Crippen LogP contribution in [0.5, 0.6) is 0 Å². The first kappa shape index (κ1) is 28.7. The molecule has 4 heavy (non-hydrogen) atoms. The zero-order valence-corrected chi connectivity index (χ0v) is 11.7. The summed E-state index contributed by atoms with van der Waals surface area (Å²) in [7, 11) is 0. The Morgan fingerprint density at radius 3 is 1.00 bits per heavy atom. The van der Waals surface area contributed by atoms with Crippen molar-refractivity contribution >= 4 is 0 Å². The molecule has 0 nitrogen and oxygen atoms in total. The van der Waals surface area contributed by atoms with E-state index in [-0.39, 0.29) is 87.5 Å². The van der Waals surface area contributed by atoms with Crippen LogP contribution in [0.3, 0.4) is 0 Å². The minimum Gasteiger partial charge on any atom is 0 e. The number of rotatable bonds is 0. The van der Waals surface area contributed by atoms with Gasteiger partial charge >= 0.3 is 0 Å². The minimum absolute atomic E-state index is 0. The van der Waals surface area contributed by atoms with E-state index in [1.165, 1.54) is 0 Å². The van der Waals surface area contributed by atoms with Crippen LogP contribution in [0.1, 0.15) is 0 Å². The molecule has 0 atom stereocenters. The van der Waals surface area contributed by atoms with Crippen LogP contribution in [0, 0.1) is 0 Å². The summed E-state index contributed by atoms with van der Waals surface area (Å²) in [6.45, 7) is 0.